The van der Waals surface area contributed by atoms with Crippen molar-refractivity contribution in [3.63, 3.8) is 0 Å². The van der Waals surface area contributed by atoms with Crippen molar-refractivity contribution in [2.24, 2.45) is 11.8 Å². The van der Waals surface area contributed by atoms with Gasteiger partial charge in [-0.2, -0.15) is 0 Å². The van der Waals surface area contributed by atoms with Crippen LogP contribution < -0.4 is 0 Å². The van der Waals surface area contributed by atoms with Gasteiger partial charge < -0.3 is 0 Å². The highest BCUT2D eigenvalue weighted by atomic mass is 14.2. The quantitative estimate of drug-likeness (QED) is 0.457. The van der Waals surface area contributed by atoms with Gasteiger partial charge >= 0.3 is 0 Å². The summed E-state index contributed by atoms with van der Waals surface area (Å²) in [4.78, 5) is 0. The van der Waals surface area contributed by atoms with E-state index < -0.39 is 0 Å². The van der Waals surface area contributed by atoms with E-state index >= 15 is 0 Å². The highest BCUT2D eigenvalue weighted by molar-refractivity contribution is 4.66. The van der Waals surface area contributed by atoms with Crippen LogP contribution in [-0.4, -0.2) is 0 Å². The first-order valence-corrected chi connectivity index (χ1v) is 5.30. The number of hydrogen-bond acceptors (Lipinski definition) is 0. The van der Waals surface area contributed by atoms with Crippen LogP contribution in [0, 0.1) is 11.8 Å². The van der Waals surface area contributed by atoms with Gasteiger partial charge in [0.15, 0.2) is 0 Å². The lowest BCUT2D eigenvalue weighted by Gasteiger charge is -2.14. The van der Waals surface area contributed by atoms with Gasteiger partial charge in [0.25, 0.3) is 0 Å². The zero-order valence-corrected chi connectivity index (χ0v) is 8.69. The molecular weight excluding hydrogens is 144 g/mol. The lowest BCUT2D eigenvalue weighted by molar-refractivity contribution is 0.367. The van der Waals surface area contributed by atoms with E-state index in [1.54, 1.807) is 0 Å². The van der Waals surface area contributed by atoms with Crippen LogP contribution in [0.1, 0.15) is 67.2 Å². The minimum Gasteiger partial charge on any atom is -0.0776 e. The van der Waals surface area contributed by atoms with E-state index in [1.807, 2.05) is 13.8 Å². The van der Waals surface area contributed by atoms with Crippen LogP contribution in [0.4, 0.5) is 0 Å². The van der Waals surface area contributed by atoms with Crippen LogP contribution in [0.5, 0.6) is 0 Å². The highest BCUT2D eigenvalue weighted by Gasteiger charge is 2.14. The molecule has 1 saturated carbocycles. The summed E-state index contributed by atoms with van der Waals surface area (Å²) in [6.07, 6.45) is 7.38. The van der Waals surface area contributed by atoms with Gasteiger partial charge in [0.2, 0.25) is 0 Å². The molecular formula is C12H28. The Hall–Kier alpha value is 0. The third-order valence-electron chi connectivity index (χ3n) is 2.79. The van der Waals surface area contributed by atoms with Gasteiger partial charge in [-0.15, -0.1) is 0 Å². The van der Waals surface area contributed by atoms with Gasteiger partial charge in [0.1, 0.15) is 0 Å². The molecule has 0 aromatic rings. The maximum absolute atomic E-state index is 2.40. The van der Waals surface area contributed by atoms with Crippen LogP contribution in [0.25, 0.3) is 0 Å². The second kappa shape index (κ2) is 9.09. The molecule has 1 aliphatic carbocycles. The fourth-order valence-electron chi connectivity index (χ4n) is 1.68. The molecule has 1 fully saturated rings. The summed E-state index contributed by atoms with van der Waals surface area (Å²) in [5.74, 6) is 1.99. The predicted molar refractivity (Wildman–Crippen MR) is 59.5 cm³/mol. The molecule has 0 radical (unpaired) electrons. The molecule has 1 aliphatic rings. The Balaban J connectivity index is 0. The molecule has 0 saturated heterocycles. The maximum atomic E-state index is 2.40. The van der Waals surface area contributed by atoms with Crippen LogP contribution in [-0.2, 0) is 0 Å². The molecule has 0 heterocycles. The molecule has 0 N–H and O–H groups in total. The largest absolute Gasteiger partial charge is 0.0776 e. The summed E-state index contributed by atoms with van der Waals surface area (Å²) in [5.41, 5.74) is 0. The second-order valence-electron chi connectivity index (χ2n) is 3.59. The lowest BCUT2D eigenvalue weighted by Crippen LogP contribution is -2.04. The first-order valence-electron chi connectivity index (χ1n) is 5.30. The number of rotatable bonds is 0. The van der Waals surface area contributed by atoms with Crippen molar-refractivity contribution in [1.82, 2.24) is 0 Å². The minimum atomic E-state index is 0. The van der Waals surface area contributed by atoms with E-state index in [0.29, 0.717) is 0 Å². The molecule has 1 rings (SSSR count). The third kappa shape index (κ3) is 5.62. The SMILES string of the molecule is C.CC.CC1CCCCCC1C. The van der Waals surface area contributed by atoms with E-state index in [0.717, 1.165) is 11.8 Å². The predicted octanol–water partition coefficient (Wildman–Crippen LogP) is 4.89. The fraction of sp³-hybridized carbons (Fsp3) is 1.00. The summed E-state index contributed by atoms with van der Waals surface area (Å²) < 4.78 is 0. The van der Waals surface area contributed by atoms with E-state index in [4.69, 9.17) is 0 Å². The lowest BCUT2D eigenvalue weighted by atomic mass is 9.92. The average molecular weight is 172 g/mol. The van der Waals surface area contributed by atoms with Crippen molar-refractivity contribution in [3.8, 4) is 0 Å². The van der Waals surface area contributed by atoms with Crippen LogP contribution in [0.2, 0.25) is 0 Å². The molecule has 0 spiro atoms. The first kappa shape index (κ1) is 14.5. The molecule has 2 unspecified atom stereocenters. The fourth-order valence-corrected chi connectivity index (χ4v) is 1.68. The third-order valence-corrected chi connectivity index (χ3v) is 2.79. The van der Waals surface area contributed by atoms with Crippen molar-refractivity contribution in [1.29, 1.82) is 0 Å². The van der Waals surface area contributed by atoms with Crippen LogP contribution >= 0.6 is 0 Å². The summed E-state index contributed by atoms with van der Waals surface area (Å²) in [5, 5.41) is 0. The normalized spacial score (nSPS) is 29.0. The molecule has 0 aromatic heterocycles. The average Bonchev–Trinajstić information content (AvgIpc) is 2.22. The summed E-state index contributed by atoms with van der Waals surface area (Å²) in [6, 6.07) is 0. The summed E-state index contributed by atoms with van der Waals surface area (Å²) in [6.45, 7) is 8.80. The van der Waals surface area contributed by atoms with E-state index in [2.05, 4.69) is 13.8 Å². The molecule has 0 heteroatoms. The summed E-state index contributed by atoms with van der Waals surface area (Å²) >= 11 is 0. The Morgan fingerprint density at radius 3 is 1.42 bits per heavy atom. The molecule has 0 nitrogen and oxygen atoms in total. The molecule has 2 atom stereocenters. The molecule has 0 aromatic carbocycles. The molecule has 0 bridgehead atoms. The Morgan fingerprint density at radius 1 is 0.750 bits per heavy atom. The zero-order valence-electron chi connectivity index (χ0n) is 8.69. The second-order valence-corrected chi connectivity index (χ2v) is 3.59. The Morgan fingerprint density at radius 2 is 1.08 bits per heavy atom. The van der Waals surface area contributed by atoms with Gasteiger partial charge in [-0.05, 0) is 11.8 Å². The number of hydrogen-bond donors (Lipinski definition) is 0. The Kier molecular flexibility index (Phi) is 11.0. The standard InChI is InChI=1S/C9H18.C2H6.CH4/c1-8-6-4-3-5-7-9(8)2;1-2;/h8-9H,3-7H2,1-2H3;1-2H3;1H4. The monoisotopic (exact) mass is 172 g/mol. The van der Waals surface area contributed by atoms with Gasteiger partial charge in [-0.1, -0.05) is 67.2 Å². The Labute approximate surface area is 79.8 Å². The van der Waals surface area contributed by atoms with Gasteiger partial charge in [-0.3, -0.25) is 0 Å². The highest BCUT2D eigenvalue weighted by Crippen LogP contribution is 2.27. The summed E-state index contributed by atoms with van der Waals surface area (Å²) in [7, 11) is 0. The first-order chi connectivity index (χ1) is 5.30. The van der Waals surface area contributed by atoms with Crippen molar-refractivity contribution >= 4 is 0 Å². The van der Waals surface area contributed by atoms with Crippen molar-refractivity contribution < 1.29 is 0 Å². The Bertz CT molecular complexity index is 66.1. The van der Waals surface area contributed by atoms with E-state index in [1.165, 1.54) is 32.1 Å². The molecule has 12 heavy (non-hydrogen) atoms. The van der Waals surface area contributed by atoms with Crippen molar-refractivity contribution in [2.45, 2.75) is 67.2 Å². The smallest absolute Gasteiger partial charge is 0.0417 e. The molecule has 76 valence electrons. The van der Waals surface area contributed by atoms with E-state index in [9.17, 15) is 0 Å². The van der Waals surface area contributed by atoms with Crippen LogP contribution in [0.3, 0.4) is 0 Å². The van der Waals surface area contributed by atoms with E-state index in [-0.39, 0.29) is 7.43 Å². The molecule has 0 aliphatic heterocycles. The van der Waals surface area contributed by atoms with Crippen molar-refractivity contribution in [2.75, 3.05) is 0 Å². The van der Waals surface area contributed by atoms with Gasteiger partial charge in [0, 0.05) is 0 Å². The molecule has 0 amide bonds. The van der Waals surface area contributed by atoms with Gasteiger partial charge in [0.05, 0.1) is 0 Å². The van der Waals surface area contributed by atoms with Gasteiger partial charge in [-0.25, -0.2) is 0 Å². The minimum absolute atomic E-state index is 0. The zero-order chi connectivity index (χ0) is 8.69. The topological polar surface area (TPSA) is 0 Å². The van der Waals surface area contributed by atoms with Crippen LogP contribution in [0.15, 0.2) is 0 Å². The van der Waals surface area contributed by atoms with Crippen molar-refractivity contribution in [3.05, 3.63) is 0 Å². The maximum Gasteiger partial charge on any atom is -0.0417 e.